The first-order chi connectivity index (χ1) is 9.24. The molecule has 1 atom stereocenters. The van der Waals surface area contributed by atoms with Crippen LogP contribution in [0.15, 0.2) is 60.8 Å². The lowest BCUT2D eigenvalue weighted by atomic mass is 9.99. The molecule has 1 heterocycles. The predicted octanol–water partition coefficient (Wildman–Crippen LogP) is 3.62. The van der Waals surface area contributed by atoms with Gasteiger partial charge in [-0.05, 0) is 36.2 Å². The van der Waals surface area contributed by atoms with Gasteiger partial charge in [0.1, 0.15) is 6.10 Å². The molecule has 0 aliphatic carbocycles. The Morgan fingerprint density at radius 1 is 0.947 bits per heavy atom. The average Bonchev–Trinajstić information content (AvgIpc) is 2.47. The number of pyridine rings is 1. The third kappa shape index (κ3) is 2.35. The van der Waals surface area contributed by atoms with E-state index in [0.29, 0.717) is 0 Å². The van der Waals surface area contributed by atoms with Gasteiger partial charge in [0.05, 0.1) is 5.52 Å². The summed E-state index contributed by atoms with van der Waals surface area (Å²) in [6.07, 6.45) is 1.18. The largest absolute Gasteiger partial charge is 0.384 e. The van der Waals surface area contributed by atoms with Gasteiger partial charge in [0.2, 0.25) is 0 Å². The van der Waals surface area contributed by atoms with Gasteiger partial charge in [0.15, 0.2) is 0 Å². The Morgan fingerprint density at radius 2 is 1.68 bits per heavy atom. The number of fused-ring (bicyclic) bond motifs is 1. The van der Waals surface area contributed by atoms with Crippen molar-refractivity contribution in [2.24, 2.45) is 0 Å². The van der Waals surface area contributed by atoms with Crippen molar-refractivity contribution in [3.63, 3.8) is 0 Å². The Kier molecular flexibility index (Phi) is 3.02. The minimum Gasteiger partial charge on any atom is -0.384 e. The van der Waals surface area contributed by atoms with Crippen LogP contribution in [0.1, 0.15) is 22.8 Å². The van der Waals surface area contributed by atoms with Gasteiger partial charge in [-0.15, -0.1) is 0 Å². The number of hydrogen-bond donors (Lipinski definition) is 1. The summed E-state index contributed by atoms with van der Waals surface area (Å²) in [4.78, 5) is 4.28. The molecular weight excluding hydrogens is 234 g/mol. The van der Waals surface area contributed by atoms with Crippen LogP contribution >= 0.6 is 0 Å². The predicted molar refractivity (Wildman–Crippen MR) is 77.0 cm³/mol. The molecule has 0 spiro atoms. The lowest BCUT2D eigenvalue weighted by Gasteiger charge is -2.12. The molecule has 2 aromatic carbocycles. The third-order valence-electron chi connectivity index (χ3n) is 3.34. The van der Waals surface area contributed by atoms with E-state index in [2.05, 4.69) is 4.98 Å². The summed E-state index contributed by atoms with van der Waals surface area (Å²) in [7, 11) is 0. The highest BCUT2D eigenvalue weighted by Gasteiger charge is 2.10. The van der Waals surface area contributed by atoms with Crippen molar-refractivity contribution < 1.29 is 5.11 Å². The standard InChI is InChI=1S/C17H15NO/c1-12-4-6-13(7-5-12)17(19)15-8-9-16-14(11-15)3-2-10-18-16/h2-11,17,19H,1H3. The number of rotatable bonds is 2. The first-order valence-electron chi connectivity index (χ1n) is 6.33. The van der Waals surface area contributed by atoms with E-state index in [0.717, 1.165) is 22.0 Å². The molecule has 0 amide bonds. The van der Waals surface area contributed by atoms with Gasteiger partial charge in [-0.3, -0.25) is 4.98 Å². The van der Waals surface area contributed by atoms with E-state index in [1.165, 1.54) is 5.56 Å². The molecule has 3 aromatic rings. The van der Waals surface area contributed by atoms with Crippen LogP contribution in [0.5, 0.6) is 0 Å². The Labute approximate surface area is 112 Å². The minimum atomic E-state index is -0.592. The number of aliphatic hydroxyl groups excluding tert-OH is 1. The normalized spacial score (nSPS) is 12.5. The van der Waals surface area contributed by atoms with Crippen molar-refractivity contribution in [3.8, 4) is 0 Å². The summed E-state index contributed by atoms with van der Waals surface area (Å²) < 4.78 is 0. The molecule has 2 nitrogen and oxygen atoms in total. The number of hydrogen-bond acceptors (Lipinski definition) is 2. The van der Waals surface area contributed by atoms with E-state index >= 15 is 0 Å². The fraction of sp³-hybridized carbons (Fsp3) is 0.118. The molecule has 2 heteroatoms. The molecule has 3 rings (SSSR count). The minimum absolute atomic E-state index is 0.592. The van der Waals surface area contributed by atoms with Crippen LogP contribution in [-0.4, -0.2) is 10.1 Å². The van der Waals surface area contributed by atoms with Crippen LogP contribution in [-0.2, 0) is 0 Å². The summed E-state index contributed by atoms with van der Waals surface area (Å²) in [6.45, 7) is 2.04. The lowest BCUT2D eigenvalue weighted by molar-refractivity contribution is 0.220. The number of aromatic nitrogens is 1. The monoisotopic (exact) mass is 249 g/mol. The molecule has 0 bridgehead atoms. The van der Waals surface area contributed by atoms with Gasteiger partial charge in [0.25, 0.3) is 0 Å². The second-order valence-corrected chi connectivity index (χ2v) is 4.77. The van der Waals surface area contributed by atoms with E-state index in [-0.39, 0.29) is 0 Å². The van der Waals surface area contributed by atoms with Crippen LogP contribution < -0.4 is 0 Å². The lowest BCUT2D eigenvalue weighted by Crippen LogP contribution is -1.99. The molecule has 0 saturated heterocycles. The summed E-state index contributed by atoms with van der Waals surface area (Å²) in [6, 6.07) is 17.7. The SMILES string of the molecule is Cc1ccc(C(O)c2ccc3ncccc3c2)cc1. The van der Waals surface area contributed by atoms with E-state index in [9.17, 15) is 5.11 Å². The molecule has 0 fully saturated rings. The second-order valence-electron chi connectivity index (χ2n) is 4.77. The summed E-state index contributed by atoms with van der Waals surface area (Å²) in [5, 5.41) is 11.5. The number of benzene rings is 2. The fourth-order valence-corrected chi connectivity index (χ4v) is 2.21. The molecule has 1 unspecified atom stereocenters. The van der Waals surface area contributed by atoms with Crippen molar-refractivity contribution in [1.29, 1.82) is 0 Å². The van der Waals surface area contributed by atoms with E-state index in [4.69, 9.17) is 0 Å². The topological polar surface area (TPSA) is 33.1 Å². The number of aliphatic hydroxyl groups is 1. The Balaban J connectivity index is 2.01. The molecule has 0 aliphatic heterocycles. The van der Waals surface area contributed by atoms with Crippen molar-refractivity contribution in [2.75, 3.05) is 0 Å². The van der Waals surface area contributed by atoms with Crippen LogP contribution in [0.2, 0.25) is 0 Å². The maximum atomic E-state index is 10.4. The zero-order chi connectivity index (χ0) is 13.2. The summed E-state index contributed by atoms with van der Waals surface area (Å²) in [5.41, 5.74) is 3.94. The molecular formula is C17H15NO. The quantitative estimate of drug-likeness (QED) is 0.752. The van der Waals surface area contributed by atoms with Gasteiger partial charge in [-0.1, -0.05) is 42.0 Å². The highest BCUT2D eigenvalue weighted by atomic mass is 16.3. The molecule has 0 saturated carbocycles. The Hall–Kier alpha value is -2.19. The van der Waals surface area contributed by atoms with Crippen LogP contribution in [0.4, 0.5) is 0 Å². The van der Waals surface area contributed by atoms with Crippen molar-refractivity contribution in [2.45, 2.75) is 13.0 Å². The highest BCUT2D eigenvalue weighted by Crippen LogP contribution is 2.24. The average molecular weight is 249 g/mol. The van der Waals surface area contributed by atoms with Gasteiger partial charge in [-0.25, -0.2) is 0 Å². The van der Waals surface area contributed by atoms with Gasteiger partial charge >= 0.3 is 0 Å². The molecule has 0 aliphatic rings. The molecule has 94 valence electrons. The third-order valence-corrected chi connectivity index (χ3v) is 3.34. The Bertz CT molecular complexity index is 704. The zero-order valence-electron chi connectivity index (χ0n) is 10.7. The Morgan fingerprint density at radius 3 is 2.47 bits per heavy atom. The molecule has 0 radical (unpaired) electrons. The van der Waals surface area contributed by atoms with Gasteiger partial charge in [0, 0.05) is 11.6 Å². The number of aryl methyl sites for hydroxylation is 1. The summed E-state index contributed by atoms with van der Waals surface area (Å²) in [5.74, 6) is 0. The van der Waals surface area contributed by atoms with Crippen molar-refractivity contribution in [3.05, 3.63) is 77.5 Å². The van der Waals surface area contributed by atoms with E-state index in [1.54, 1.807) is 6.20 Å². The maximum absolute atomic E-state index is 10.4. The smallest absolute Gasteiger partial charge is 0.104 e. The van der Waals surface area contributed by atoms with Crippen molar-refractivity contribution >= 4 is 10.9 Å². The highest BCUT2D eigenvalue weighted by molar-refractivity contribution is 5.79. The molecule has 19 heavy (non-hydrogen) atoms. The van der Waals surface area contributed by atoms with Crippen LogP contribution in [0.25, 0.3) is 10.9 Å². The van der Waals surface area contributed by atoms with E-state index < -0.39 is 6.10 Å². The first-order valence-corrected chi connectivity index (χ1v) is 6.33. The van der Waals surface area contributed by atoms with Crippen molar-refractivity contribution in [1.82, 2.24) is 4.98 Å². The van der Waals surface area contributed by atoms with E-state index in [1.807, 2.05) is 61.5 Å². The first kappa shape index (κ1) is 11.9. The molecule has 1 aromatic heterocycles. The van der Waals surface area contributed by atoms with Crippen LogP contribution in [0.3, 0.4) is 0 Å². The second kappa shape index (κ2) is 4.82. The maximum Gasteiger partial charge on any atom is 0.104 e. The molecule has 1 N–H and O–H groups in total. The zero-order valence-corrected chi connectivity index (χ0v) is 10.7. The van der Waals surface area contributed by atoms with Gasteiger partial charge in [-0.2, -0.15) is 0 Å². The van der Waals surface area contributed by atoms with Crippen LogP contribution in [0, 0.1) is 6.92 Å². The summed E-state index contributed by atoms with van der Waals surface area (Å²) >= 11 is 0. The number of nitrogens with zero attached hydrogens (tertiary/aromatic N) is 1. The van der Waals surface area contributed by atoms with Gasteiger partial charge < -0.3 is 5.11 Å². The fourth-order valence-electron chi connectivity index (χ4n) is 2.21.